The number of nitrogens with one attached hydrogen (secondary N) is 2. The minimum Gasteiger partial charge on any atom is -0.481 e. The molecule has 1 unspecified atom stereocenters. The first-order valence-corrected chi connectivity index (χ1v) is 13.0. The van der Waals surface area contributed by atoms with Gasteiger partial charge in [0.15, 0.2) is 0 Å². The van der Waals surface area contributed by atoms with Gasteiger partial charge in [-0.3, -0.25) is 9.59 Å². The average molecular weight is 485 g/mol. The molecule has 0 saturated carbocycles. The molecule has 1 aliphatic rings. The number of fused-ring (bicyclic) bond motifs is 3. The molecule has 7 nitrogen and oxygen atoms in total. The van der Waals surface area contributed by atoms with Crippen molar-refractivity contribution in [3.8, 4) is 11.1 Å². The molecule has 0 saturated heterocycles. The molecule has 0 bridgehead atoms. The van der Waals surface area contributed by atoms with Gasteiger partial charge in [0.1, 0.15) is 12.6 Å². The van der Waals surface area contributed by atoms with E-state index in [4.69, 9.17) is 4.74 Å². The van der Waals surface area contributed by atoms with E-state index in [1.807, 2.05) is 49.6 Å². The van der Waals surface area contributed by atoms with E-state index in [2.05, 4.69) is 22.8 Å². The monoisotopic (exact) mass is 484 g/mol. The molecular formula is C26H32N2O5S. The lowest BCUT2D eigenvalue weighted by molar-refractivity contribution is -0.142. The molecule has 8 heteroatoms. The molecule has 2 aromatic carbocycles. The van der Waals surface area contributed by atoms with Gasteiger partial charge in [0.05, 0.1) is 5.92 Å². The van der Waals surface area contributed by atoms with Crippen molar-refractivity contribution in [3.63, 3.8) is 0 Å². The molecule has 0 spiro atoms. The van der Waals surface area contributed by atoms with Gasteiger partial charge in [-0.2, -0.15) is 11.8 Å². The van der Waals surface area contributed by atoms with Crippen molar-refractivity contribution >= 4 is 29.7 Å². The summed E-state index contributed by atoms with van der Waals surface area (Å²) in [5.74, 6) is -1.39. The first kappa shape index (κ1) is 25.6. The van der Waals surface area contributed by atoms with Crippen LogP contribution in [0.15, 0.2) is 48.5 Å². The number of hydrogen-bond acceptors (Lipinski definition) is 5. The van der Waals surface area contributed by atoms with E-state index in [9.17, 15) is 19.5 Å². The quantitative estimate of drug-likeness (QED) is 0.416. The van der Waals surface area contributed by atoms with Gasteiger partial charge in [-0.1, -0.05) is 61.9 Å². The van der Waals surface area contributed by atoms with Crippen LogP contribution in [0, 0.1) is 5.92 Å². The van der Waals surface area contributed by atoms with Gasteiger partial charge in [-0.15, -0.1) is 0 Å². The van der Waals surface area contributed by atoms with Crippen LogP contribution >= 0.6 is 11.8 Å². The first-order valence-electron chi connectivity index (χ1n) is 11.6. The minimum atomic E-state index is -0.938. The van der Waals surface area contributed by atoms with Crippen LogP contribution in [0.4, 0.5) is 4.79 Å². The molecule has 3 N–H and O–H groups in total. The smallest absolute Gasteiger partial charge is 0.407 e. The van der Waals surface area contributed by atoms with Gasteiger partial charge in [0, 0.05) is 12.5 Å². The van der Waals surface area contributed by atoms with E-state index < -0.39 is 29.9 Å². The number of thioether (sulfide) groups is 1. The fourth-order valence-electron chi connectivity index (χ4n) is 4.30. The summed E-state index contributed by atoms with van der Waals surface area (Å²) in [6.45, 7) is 2.09. The van der Waals surface area contributed by atoms with Crippen molar-refractivity contribution in [3.05, 3.63) is 59.7 Å². The van der Waals surface area contributed by atoms with Crippen LogP contribution in [0.1, 0.15) is 43.2 Å². The average Bonchev–Trinajstić information content (AvgIpc) is 3.16. The molecule has 0 radical (unpaired) electrons. The molecule has 0 aliphatic heterocycles. The summed E-state index contributed by atoms with van der Waals surface area (Å²) in [7, 11) is 0. The highest BCUT2D eigenvalue weighted by molar-refractivity contribution is 7.98. The highest BCUT2D eigenvalue weighted by Gasteiger charge is 2.30. The zero-order valence-corrected chi connectivity index (χ0v) is 20.4. The van der Waals surface area contributed by atoms with Crippen LogP contribution in [-0.4, -0.2) is 54.3 Å². The largest absolute Gasteiger partial charge is 0.481 e. The number of amides is 2. The Kier molecular flexibility index (Phi) is 9.39. The third-order valence-electron chi connectivity index (χ3n) is 6.07. The molecule has 2 atom stereocenters. The van der Waals surface area contributed by atoms with E-state index in [1.54, 1.807) is 11.8 Å². The predicted octanol–water partition coefficient (Wildman–Crippen LogP) is 4.26. The van der Waals surface area contributed by atoms with E-state index in [1.165, 1.54) is 0 Å². The Morgan fingerprint density at radius 3 is 2.21 bits per heavy atom. The summed E-state index contributed by atoms with van der Waals surface area (Å²) in [4.78, 5) is 36.7. The Hall–Kier alpha value is -3.00. The Morgan fingerprint density at radius 2 is 1.65 bits per heavy atom. The van der Waals surface area contributed by atoms with Gasteiger partial charge in [0.2, 0.25) is 5.91 Å². The maximum absolute atomic E-state index is 12.7. The molecule has 2 aromatic rings. The number of hydrogen-bond donors (Lipinski definition) is 3. The van der Waals surface area contributed by atoms with Crippen molar-refractivity contribution < 1.29 is 24.2 Å². The van der Waals surface area contributed by atoms with Crippen molar-refractivity contribution in [1.82, 2.24) is 10.6 Å². The lowest BCUT2D eigenvalue weighted by atomic mass is 9.98. The molecule has 34 heavy (non-hydrogen) atoms. The van der Waals surface area contributed by atoms with Crippen LogP contribution in [0.3, 0.4) is 0 Å². The Morgan fingerprint density at radius 1 is 1.03 bits per heavy atom. The second-order valence-corrected chi connectivity index (χ2v) is 9.36. The summed E-state index contributed by atoms with van der Waals surface area (Å²) in [6.07, 6.45) is 2.87. The van der Waals surface area contributed by atoms with Gasteiger partial charge in [-0.25, -0.2) is 4.79 Å². The molecule has 182 valence electrons. The summed E-state index contributed by atoms with van der Waals surface area (Å²) in [5.41, 5.74) is 4.52. The van der Waals surface area contributed by atoms with E-state index >= 15 is 0 Å². The zero-order chi connectivity index (χ0) is 24.5. The SMILES string of the molecule is CCCC(CNC(=O)[C@H](CCSC)NC(=O)OCC1c2ccccc2-c2ccccc21)C(=O)O. The molecule has 0 heterocycles. The Bertz CT molecular complexity index is 967. The number of rotatable bonds is 12. The lowest BCUT2D eigenvalue weighted by Gasteiger charge is -2.20. The number of alkyl carbamates (subject to hydrolysis) is 1. The predicted molar refractivity (Wildman–Crippen MR) is 134 cm³/mol. The highest BCUT2D eigenvalue weighted by Crippen LogP contribution is 2.44. The normalized spacial score (nSPS) is 13.9. The van der Waals surface area contributed by atoms with Crippen LogP contribution in [0.5, 0.6) is 0 Å². The zero-order valence-electron chi connectivity index (χ0n) is 19.6. The molecule has 0 fully saturated rings. The van der Waals surface area contributed by atoms with E-state index in [0.717, 1.165) is 22.3 Å². The van der Waals surface area contributed by atoms with Crippen LogP contribution in [-0.2, 0) is 14.3 Å². The van der Waals surface area contributed by atoms with E-state index in [-0.39, 0.29) is 19.1 Å². The number of benzene rings is 2. The van der Waals surface area contributed by atoms with Crippen molar-refractivity contribution in [2.24, 2.45) is 5.92 Å². The van der Waals surface area contributed by atoms with Crippen molar-refractivity contribution in [1.29, 1.82) is 0 Å². The fourth-order valence-corrected chi connectivity index (χ4v) is 4.77. The number of carboxylic acids is 1. The molecule has 3 rings (SSSR count). The molecule has 0 aromatic heterocycles. The first-order chi connectivity index (χ1) is 16.5. The second-order valence-electron chi connectivity index (χ2n) is 8.37. The van der Waals surface area contributed by atoms with Gasteiger partial charge < -0.3 is 20.5 Å². The summed E-state index contributed by atoms with van der Waals surface area (Å²) >= 11 is 1.56. The number of aliphatic carboxylic acids is 1. The van der Waals surface area contributed by atoms with Crippen LogP contribution < -0.4 is 10.6 Å². The summed E-state index contributed by atoms with van der Waals surface area (Å²) < 4.78 is 5.57. The topological polar surface area (TPSA) is 105 Å². The van der Waals surface area contributed by atoms with Gasteiger partial charge >= 0.3 is 12.1 Å². The van der Waals surface area contributed by atoms with Gasteiger partial charge in [0.25, 0.3) is 0 Å². The fraction of sp³-hybridized carbons (Fsp3) is 0.423. The lowest BCUT2D eigenvalue weighted by Crippen LogP contribution is -2.48. The van der Waals surface area contributed by atoms with Crippen LogP contribution in [0.2, 0.25) is 0 Å². The maximum Gasteiger partial charge on any atom is 0.407 e. The Labute approximate surface area is 204 Å². The molecular weight excluding hydrogens is 452 g/mol. The number of carbonyl (C=O) groups excluding carboxylic acids is 2. The second kappa shape index (κ2) is 12.5. The Balaban J connectivity index is 1.61. The van der Waals surface area contributed by atoms with Crippen LogP contribution in [0.25, 0.3) is 11.1 Å². The van der Waals surface area contributed by atoms with Gasteiger partial charge in [-0.05, 0) is 47.1 Å². The van der Waals surface area contributed by atoms with Crippen molar-refractivity contribution in [2.45, 2.75) is 38.1 Å². The summed E-state index contributed by atoms with van der Waals surface area (Å²) in [5, 5.41) is 14.7. The summed E-state index contributed by atoms with van der Waals surface area (Å²) in [6, 6.07) is 15.4. The van der Waals surface area contributed by atoms with E-state index in [0.29, 0.717) is 25.0 Å². The molecule has 2 amide bonds. The maximum atomic E-state index is 12.7. The third kappa shape index (κ3) is 6.32. The number of carboxylic acid groups (broad SMARTS) is 1. The third-order valence-corrected chi connectivity index (χ3v) is 6.72. The number of ether oxygens (including phenoxy) is 1. The number of carbonyl (C=O) groups is 3. The standard InChI is InChI=1S/C26H32N2O5S/c1-3-8-17(25(30)31)15-27-24(29)23(13-14-34-2)28-26(32)33-16-22-20-11-6-4-9-18(20)19-10-5-7-12-21(19)22/h4-7,9-12,17,22-23H,3,8,13-16H2,1-2H3,(H,27,29)(H,28,32)(H,30,31)/t17?,23-/m0/s1. The molecule has 1 aliphatic carbocycles. The minimum absolute atomic E-state index is 0.0319. The highest BCUT2D eigenvalue weighted by atomic mass is 32.2. The van der Waals surface area contributed by atoms with Crippen molar-refractivity contribution in [2.75, 3.05) is 25.2 Å².